The van der Waals surface area contributed by atoms with Gasteiger partial charge in [0.1, 0.15) is 6.04 Å². The largest absolute Gasteiger partial charge is 0.466 e. The molecule has 144 valence electrons. The van der Waals surface area contributed by atoms with Crippen molar-refractivity contribution in [3.05, 3.63) is 0 Å². The predicted octanol–water partition coefficient (Wildman–Crippen LogP) is 1.99. The van der Waals surface area contributed by atoms with Crippen LogP contribution in [0.15, 0.2) is 0 Å². The summed E-state index contributed by atoms with van der Waals surface area (Å²) >= 11 is 0. The molecule has 1 heterocycles. The molecular formula is C18H25F2N3O3. The van der Waals surface area contributed by atoms with E-state index in [1.165, 1.54) is 0 Å². The van der Waals surface area contributed by atoms with E-state index in [1.54, 1.807) is 13.0 Å². The number of hydrogen-bond acceptors (Lipinski definition) is 5. The molecule has 6 nitrogen and oxygen atoms in total. The lowest BCUT2D eigenvalue weighted by Crippen LogP contribution is -2.58. The van der Waals surface area contributed by atoms with Crippen LogP contribution in [-0.4, -0.2) is 54.0 Å². The number of esters is 1. The Balaban J connectivity index is 1.56. The van der Waals surface area contributed by atoms with Gasteiger partial charge in [0.15, 0.2) is 0 Å². The molecule has 4 rings (SSSR count). The van der Waals surface area contributed by atoms with E-state index in [0.29, 0.717) is 6.61 Å². The summed E-state index contributed by atoms with van der Waals surface area (Å²) < 4.78 is 32.2. The highest BCUT2D eigenvalue weighted by atomic mass is 19.3. The third-order valence-electron chi connectivity index (χ3n) is 6.31. The van der Waals surface area contributed by atoms with Crippen LogP contribution in [0.1, 0.15) is 51.9 Å². The molecule has 0 radical (unpaired) electrons. The van der Waals surface area contributed by atoms with Crippen LogP contribution >= 0.6 is 0 Å². The minimum atomic E-state index is -3.00. The highest BCUT2D eigenvalue weighted by Crippen LogP contribution is 2.52. The molecule has 2 bridgehead atoms. The van der Waals surface area contributed by atoms with Gasteiger partial charge in [0.25, 0.3) is 5.92 Å². The molecule has 1 amide bonds. The number of carbonyl (C=O) groups excluding carboxylic acids is 2. The summed E-state index contributed by atoms with van der Waals surface area (Å²) in [4.78, 5) is 25.6. The Kier molecular flexibility index (Phi) is 4.95. The van der Waals surface area contributed by atoms with Crippen molar-refractivity contribution in [1.29, 1.82) is 5.26 Å². The second-order valence-electron chi connectivity index (χ2n) is 7.86. The molecule has 4 aliphatic rings. The van der Waals surface area contributed by atoms with Crippen molar-refractivity contribution in [3.63, 3.8) is 0 Å². The summed E-state index contributed by atoms with van der Waals surface area (Å²) in [5.41, 5.74) is -0.624. The maximum Gasteiger partial charge on any atom is 0.312 e. The van der Waals surface area contributed by atoms with Crippen molar-refractivity contribution in [3.8, 4) is 6.07 Å². The van der Waals surface area contributed by atoms with Crippen LogP contribution in [0.25, 0.3) is 0 Å². The Morgan fingerprint density at radius 1 is 1.23 bits per heavy atom. The summed E-state index contributed by atoms with van der Waals surface area (Å²) in [6.45, 7) is 1.43. The fraction of sp³-hybridized carbons (Fsp3) is 0.833. The van der Waals surface area contributed by atoms with Gasteiger partial charge in [-0.3, -0.25) is 9.59 Å². The summed E-state index contributed by atoms with van der Waals surface area (Å²) in [7, 11) is 0. The lowest BCUT2D eigenvalue weighted by molar-refractivity contribution is -0.163. The second kappa shape index (κ2) is 6.76. The average molecular weight is 369 g/mol. The monoisotopic (exact) mass is 369 g/mol. The third kappa shape index (κ3) is 3.41. The first-order valence-electron chi connectivity index (χ1n) is 9.24. The molecule has 0 spiro atoms. The van der Waals surface area contributed by atoms with Crippen molar-refractivity contribution in [2.45, 2.75) is 69.4 Å². The molecule has 0 aromatic rings. The number of halogens is 2. The van der Waals surface area contributed by atoms with Crippen molar-refractivity contribution in [1.82, 2.24) is 10.2 Å². The summed E-state index contributed by atoms with van der Waals surface area (Å²) in [6.07, 6.45) is 3.84. The van der Waals surface area contributed by atoms with Gasteiger partial charge in [0, 0.05) is 12.0 Å². The molecule has 1 N–H and O–H groups in total. The molecule has 0 aromatic carbocycles. The van der Waals surface area contributed by atoms with Gasteiger partial charge in [-0.2, -0.15) is 5.26 Å². The number of rotatable bonds is 5. The molecule has 0 unspecified atom stereocenters. The van der Waals surface area contributed by atoms with Crippen LogP contribution in [0.4, 0.5) is 8.78 Å². The molecule has 26 heavy (non-hydrogen) atoms. The Bertz CT molecular complexity index is 607. The number of likely N-dealkylation sites (tertiary alicyclic amines) is 1. The van der Waals surface area contributed by atoms with Crippen LogP contribution in [0.5, 0.6) is 0 Å². The Hall–Kier alpha value is -1.75. The smallest absolute Gasteiger partial charge is 0.312 e. The van der Waals surface area contributed by atoms with E-state index in [2.05, 4.69) is 5.32 Å². The van der Waals surface area contributed by atoms with Gasteiger partial charge in [-0.1, -0.05) is 0 Å². The highest BCUT2D eigenvalue weighted by Gasteiger charge is 2.53. The zero-order chi connectivity index (χ0) is 19.0. The van der Waals surface area contributed by atoms with Crippen molar-refractivity contribution in [2.24, 2.45) is 5.41 Å². The number of alkyl halides is 2. The third-order valence-corrected chi connectivity index (χ3v) is 6.31. The van der Waals surface area contributed by atoms with Crippen LogP contribution < -0.4 is 5.32 Å². The summed E-state index contributed by atoms with van der Waals surface area (Å²) in [5.74, 6) is -3.58. The van der Waals surface area contributed by atoms with Crippen molar-refractivity contribution < 1.29 is 23.1 Å². The van der Waals surface area contributed by atoms with Crippen LogP contribution in [-0.2, 0) is 14.3 Å². The number of hydrogen-bond donors (Lipinski definition) is 1. The maximum absolute atomic E-state index is 13.5. The number of nitrogens with zero attached hydrogens (tertiary/aromatic N) is 2. The quantitative estimate of drug-likeness (QED) is 0.750. The number of amides is 1. The fourth-order valence-corrected chi connectivity index (χ4v) is 4.60. The van der Waals surface area contributed by atoms with Crippen molar-refractivity contribution >= 4 is 11.9 Å². The zero-order valence-corrected chi connectivity index (χ0v) is 15.0. The Morgan fingerprint density at radius 2 is 1.85 bits per heavy atom. The van der Waals surface area contributed by atoms with Crippen LogP contribution in [0.2, 0.25) is 0 Å². The van der Waals surface area contributed by atoms with Gasteiger partial charge in [-0.25, -0.2) is 8.78 Å². The normalized spacial score (nSPS) is 35.2. The molecular weight excluding hydrogens is 344 g/mol. The Labute approximate surface area is 151 Å². The zero-order valence-electron chi connectivity index (χ0n) is 15.0. The second-order valence-corrected chi connectivity index (χ2v) is 7.86. The number of carbonyl (C=O) groups is 2. The molecule has 0 aromatic heterocycles. The molecule has 8 heteroatoms. The van der Waals surface area contributed by atoms with Gasteiger partial charge in [0.05, 0.1) is 31.2 Å². The van der Waals surface area contributed by atoms with Gasteiger partial charge in [0.2, 0.25) is 5.91 Å². The van der Waals surface area contributed by atoms with E-state index in [0.717, 1.165) is 43.4 Å². The lowest BCUT2D eigenvalue weighted by Gasteiger charge is -2.52. The molecule has 3 aliphatic carbocycles. The minimum absolute atomic E-state index is 0.0549. The standard InChI is InChI=1S/C18H25F2N3O3/c1-2-26-15(25)16-3-6-17(7-4-16,8-5-16)22-11-14(24)23-12-18(19,20)9-13(23)10-21/h13,22H,2-9,11-12H2,1H3/t13-,16?,17?/m0/s1. The number of ether oxygens (including phenoxy) is 1. The maximum atomic E-state index is 13.5. The molecule has 1 saturated heterocycles. The number of nitriles is 1. The minimum Gasteiger partial charge on any atom is -0.466 e. The van der Waals surface area contributed by atoms with E-state index in [1.807, 2.05) is 0 Å². The number of nitrogens with one attached hydrogen (secondary N) is 1. The number of fused-ring (bicyclic) bond motifs is 3. The fourth-order valence-electron chi connectivity index (χ4n) is 4.60. The van der Waals surface area contributed by atoms with Gasteiger partial charge >= 0.3 is 5.97 Å². The topological polar surface area (TPSA) is 82.4 Å². The SMILES string of the molecule is CCOC(=O)C12CCC(NCC(=O)N3CC(F)(F)C[C@H]3C#N)(CC1)CC2. The first-order valence-corrected chi connectivity index (χ1v) is 9.24. The first-order chi connectivity index (χ1) is 12.2. The van der Waals surface area contributed by atoms with Crippen LogP contribution in [0, 0.1) is 16.7 Å². The Morgan fingerprint density at radius 3 is 2.38 bits per heavy atom. The molecule has 4 fully saturated rings. The predicted molar refractivity (Wildman–Crippen MR) is 88.2 cm³/mol. The molecule has 1 atom stereocenters. The first kappa shape index (κ1) is 19.0. The van der Waals surface area contributed by atoms with E-state index >= 15 is 0 Å². The van der Waals surface area contributed by atoms with Crippen LogP contribution in [0.3, 0.4) is 0 Å². The van der Waals surface area contributed by atoms with Gasteiger partial charge in [-0.05, 0) is 45.4 Å². The van der Waals surface area contributed by atoms with Gasteiger partial charge in [-0.15, -0.1) is 0 Å². The summed E-state index contributed by atoms with van der Waals surface area (Å²) in [5, 5.41) is 12.3. The summed E-state index contributed by atoms with van der Waals surface area (Å²) in [6, 6.07) is 0.731. The lowest BCUT2D eigenvalue weighted by atomic mass is 9.57. The van der Waals surface area contributed by atoms with E-state index in [9.17, 15) is 18.4 Å². The van der Waals surface area contributed by atoms with Crippen molar-refractivity contribution in [2.75, 3.05) is 19.7 Å². The highest BCUT2D eigenvalue weighted by molar-refractivity contribution is 5.80. The van der Waals surface area contributed by atoms with E-state index in [4.69, 9.17) is 10.00 Å². The molecule has 1 aliphatic heterocycles. The van der Waals surface area contributed by atoms with Gasteiger partial charge < -0.3 is 15.0 Å². The van der Waals surface area contributed by atoms with E-state index < -0.39 is 36.3 Å². The average Bonchev–Trinajstić information content (AvgIpc) is 2.96. The molecule has 3 saturated carbocycles. The van der Waals surface area contributed by atoms with E-state index in [-0.39, 0.29) is 18.1 Å².